The van der Waals surface area contributed by atoms with E-state index in [1.165, 1.54) is 6.07 Å². The Morgan fingerprint density at radius 1 is 0.861 bits per heavy atom. The van der Waals surface area contributed by atoms with Crippen LogP contribution in [0, 0.1) is 6.92 Å². The lowest BCUT2D eigenvalue weighted by molar-refractivity contribution is 0.0955. The molecule has 9 nitrogen and oxygen atoms in total. The average Bonchev–Trinajstić information content (AvgIpc) is 2.84. The van der Waals surface area contributed by atoms with Crippen LogP contribution in [0.4, 0.5) is 11.4 Å². The fraction of sp³-hybridized carbons (Fsp3) is 0.231. The minimum atomic E-state index is -3.50. The van der Waals surface area contributed by atoms with Crippen molar-refractivity contribution in [3.8, 4) is 11.5 Å². The molecule has 0 bridgehead atoms. The van der Waals surface area contributed by atoms with Crippen LogP contribution in [-0.2, 0) is 16.4 Å². The third-order valence-electron chi connectivity index (χ3n) is 5.36. The van der Waals surface area contributed by atoms with Gasteiger partial charge in [0.2, 0.25) is 10.0 Å². The number of sulfonamides is 1. The zero-order valence-corrected chi connectivity index (χ0v) is 21.4. The Bertz CT molecular complexity index is 1370. The second-order valence-electron chi connectivity index (χ2n) is 8.10. The fourth-order valence-electron chi connectivity index (χ4n) is 3.51. The van der Waals surface area contributed by atoms with Gasteiger partial charge in [-0.1, -0.05) is 24.3 Å². The van der Waals surface area contributed by atoms with Gasteiger partial charge in [-0.25, -0.2) is 8.42 Å². The van der Waals surface area contributed by atoms with Crippen molar-refractivity contribution < 1.29 is 27.5 Å². The summed E-state index contributed by atoms with van der Waals surface area (Å²) in [5.41, 5.74) is 2.84. The van der Waals surface area contributed by atoms with E-state index in [2.05, 4.69) is 15.4 Å². The molecule has 3 aromatic carbocycles. The monoisotopic (exact) mass is 511 g/mol. The van der Waals surface area contributed by atoms with Crippen molar-refractivity contribution in [2.75, 3.05) is 37.1 Å². The smallest absolute Gasteiger partial charge is 0.255 e. The molecule has 0 atom stereocenters. The highest BCUT2D eigenvalue weighted by Gasteiger charge is 2.16. The quantitative estimate of drug-likeness (QED) is 0.382. The van der Waals surface area contributed by atoms with Gasteiger partial charge in [0.15, 0.2) is 11.5 Å². The Hall–Kier alpha value is -4.05. The van der Waals surface area contributed by atoms with Crippen molar-refractivity contribution in [2.45, 2.75) is 13.3 Å². The van der Waals surface area contributed by atoms with Crippen LogP contribution in [0.3, 0.4) is 0 Å². The molecule has 0 saturated heterocycles. The van der Waals surface area contributed by atoms with Crippen LogP contribution in [0.1, 0.15) is 31.8 Å². The van der Waals surface area contributed by atoms with E-state index in [0.717, 1.165) is 11.8 Å². The number of hydrogen-bond donors (Lipinski definition) is 3. The summed E-state index contributed by atoms with van der Waals surface area (Å²) in [6.45, 7) is 2.10. The predicted octanol–water partition coefficient (Wildman–Crippen LogP) is 3.61. The Balaban J connectivity index is 1.69. The summed E-state index contributed by atoms with van der Waals surface area (Å²) in [5, 5.41) is 5.62. The standard InChI is InChI=1S/C26H29N3O6S/c1-17-9-11-19(16-22(17)29-36(4,32)33)25(30)28-21-8-6-5-7-20(21)26(31)27-14-13-18-10-12-23(34-2)24(15-18)35-3/h5-12,15-16,29H,13-14H2,1-4H3,(H,27,31)(H,28,30). The number of carbonyl (C=O) groups is 2. The highest BCUT2D eigenvalue weighted by molar-refractivity contribution is 7.92. The van der Waals surface area contributed by atoms with E-state index in [9.17, 15) is 18.0 Å². The Labute approximate surface area is 210 Å². The summed E-state index contributed by atoms with van der Waals surface area (Å²) in [5.74, 6) is 0.426. The fourth-order valence-corrected chi connectivity index (χ4v) is 4.13. The lowest BCUT2D eigenvalue weighted by Gasteiger charge is -2.13. The summed E-state index contributed by atoms with van der Waals surface area (Å²) < 4.78 is 36.2. The molecule has 0 unspecified atom stereocenters. The molecule has 3 N–H and O–H groups in total. The normalized spacial score (nSPS) is 10.9. The zero-order chi connectivity index (χ0) is 26.3. The lowest BCUT2D eigenvalue weighted by Crippen LogP contribution is -2.27. The second kappa shape index (κ2) is 11.6. The first-order chi connectivity index (χ1) is 17.1. The maximum Gasteiger partial charge on any atom is 0.255 e. The van der Waals surface area contributed by atoms with Crippen molar-refractivity contribution in [1.29, 1.82) is 0 Å². The summed E-state index contributed by atoms with van der Waals surface area (Å²) in [7, 11) is -0.372. The summed E-state index contributed by atoms with van der Waals surface area (Å²) in [4.78, 5) is 25.8. The Kier molecular flexibility index (Phi) is 8.55. The number of amides is 2. The Morgan fingerprint density at radius 2 is 1.58 bits per heavy atom. The molecule has 0 aliphatic rings. The molecule has 0 heterocycles. The summed E-state index contributed by atoms with van der Waals surface area (Å²) in [6.07, 6.45) is 1.61. The van der Waals surface area contributed by atoms with Gasteiger partial charge in [-0.15, -0.1) is 0 Å². The molecule has 3 aromatic rings. The van der Waals surface area contributed by atoms with E-state index in [4.69, 9.17) is 9.47 Å². The molecule has 0 aliphatic carbocycles. The third-order valence-corrected chi connectivity index (χ3v) is 5.95. The van der Waals surface area contributed by atoms with Crippen LogP contribution in [-0.4, -0.2) is 47.3 Å². The maximum atomic E-state index is 12.9. The zero-order valence-electron chi connectivity index (χ0n) is 20.5. The minimum absolute atomic E-state index is 0.246. The SMILES string of the molecule is COc1ccc(CCNC(=O)c2ccccc2NC(=O)c2ccc(C)c(NS(C)(=O)=O)c2)cc1OC. The largest absolute Gasteiger partial charge is 0.493 e. The van der Waals surface area contributed by atoms with Gasteiger partial charge in [0, 0.05) is 12.1 Å². The summed E-state index contributed by atoms with van der Waals surface area (Å²) >= 11 is 0. The molecule has 0 fully saturated rings. The third kappa shape index (κ3) is 6.98. The number of nitrogens with one attached hydrogen (secondary N) is 3. The van der Waals surface area contributed by atoms with Gasteiger partial charge in [-0.2, -0.15) is 0 Å². The summed E-state index contributed by atoms with van der Waals surface area (Å²) in [6, 6.07) is 16.9. The Morgan fingerprint density at radius 3 is 2.28 bits per heavy atom. The first kappa shape index (κ1) is 26.6. The molecule has 10 heteroatoms. The van der Waals surface area contributed by atoms with Crippen LogP contribution < -0.4 is 24.8 Å². The molecular formula is C26H29N3O6S. The molecule has 2 amide bonds. The van der Waals surface area contributed by atoms with Crippen LogP contribution in [0.5, 0.6) is 11.5 Å². The maximum absolute atomic E-state index is 12.9. The number of para-hydroxylation sites is 1. The number of rotatable bonds is 10. The van der Waals surface area contributed by atoms with Gasteiger partial charge in [-0.3, -0.25) is 14.3 Å². The van der Waals surface area contributed by atoms with Gasteiger partial charge in [-0.05, 0) is 60.9 Å². The van der Waals surface area contributed by atoms with Crippen LogP contribution >= 0.6 is 0 Å². The molecule has 190 valence electrons. The van der Waals surface area contributed by atoms with Gasteiger partial charge in [0.1, 0.15) is 0 Å². The number of ether oxygens (including phenoxy) is 2. The van der Waals surface area contributed by atoms with Crippen molar-refractivity contribution in [2.24, 2.45) is 0 Å². The molecule has 0 aromatic heterocycles. The topological polar surface area (TPSA) is 123 Å². The minimum Gasteiger partial charge on any atom is -0.493 e. The molecule has 0 aliphatic heterocycles. The van der Waals surface area contributed by atoms with Gasteiger partial charge >= 0.3 is 0 Å². The van der Waals surface area contributed by atoms with Gasteiger partial charge in [0.05, 0.1) is 37.4 Å². The van der Waals surface area contributed by atoms with E-state index < -0.39 is 15.9 Å². The molecule has 0 spiro atoms. The van der Waals surface area contributed by atoms with Crippen molar-refractivity contribution in [1.82, 2.24) is 5.32 Å². The van der Waals surface area contributed by atoms with Crippen molar-refractivity contribution >= 4 is 33.2 Å². The van der Waals surface area contributed by atoms with Crippen LogP contribution in [0.2, 0.25) is 0 Å². The first-order valence-corrected chi connectivity index (χ1v) is 13.0. The predicted molar refractivity (Wildman–Crippen MR) is 140 cm³/mol. The number of anilines is 2. The number of aryl methyl sites for hydroxylation is 1. The number of methoxy groups -OCH3 is 2. The van der Waals surface area contributed by atoms with Crippen molar-refractivity contribution in [3.63, 3.8) is 0 Å². The number of benzene rings is 3. The highest BCUT2D eigenvalue weighted by Crippen LogP contribution is 2.27. The van der Waals surface area contributed by atoms with E-state index in [0.29, 0.717) is 47.0 Å². The number of carbonyl (C=O) groups excluding carboxylic acids is 2. The molecule has 36 heavy (non-hydrogen) atoms. The lowest BCUT2D eigenvalue weighted by atomic mass is 10.1. The van der Waals surface area contributed by atoms with Crippen LogP contribution in [0.25, 0.3) is 0 Å². The average molecular weight is 512 g/mol. The van der Waals surface area contributed by atoms with E-state index in [1.54, 1.807) is 57.5 Å². The van der Waals surface area contributed by atoms with Gasteiger partial charge < -0.3 is 20.1 Å². The highest BCUT2D eigenvalue weighted by atomic mass is 32.2. The molecule has 0 saturated carbocycles. The molecule has 3 rings (SSSR count). The molecule has 0 radical (unpaired) electrons. The first-order valence-electron chi connectivity index (χ1n) is 11.1. The van der Waals surface area contributed by atoms with Crippen molar-refractivity contribution in [3.05, 3.63) is 82.9 Å². The van der Waals surface area contributed by atoms with E-state index in [-0.39, 0.29) is 11.5 Å². The molecular weight excluding hydrogens is 482 g/mol. The van der Waals surface area contributed by atoms with Crippen LogP contribution in [0.15, 0.2) is 60.7 Å². The van der Waals surface area contributed by atoms with E-state index in [1.807, 2.05) is 18.2 Å². The van der Waals surface area contributed by atoms with E-state index >= 15 is 0 Å². The number of hydrogen-bond acceptors (Lipinski definition) is 6. The second-order valence-corrected chi connectivity index (χ2v) is 9.85. The van der Waals surface area contributed by atoms with Gasteiger partial charge in [0.25, 0.3) is 11.8 Å².